The summed E-state index contributed by atoms with van der Waals surface area (Å²) in [5.41, 5.74) is -0.166. The molecule has 1 saturated heterocycles. The van der Waals surface area contributed by atoms with Crippen LogP contribution < -0.4 is 0 Å². The Hall–Kier alpha value is -0.370. The van der Waals surface area contributed by atoms with E-state index in [1.54, 1.807) is 0 Å². The van der Waals surface area contributed by atoms with E-state index in [2.05, 4.69) is 11.8 Å². The van der Waals surface area contributed by atoms with Crippen LogP contribution in [-0.4, -0.2) is 30.3 Å². The molecule has 0 aliphatic carbocycles. The molecule has 1 rings (SSSR count). The van der Waals surface area contributed by atoms with Gasteiger partial charge in [-0.25, -0.2) is 0 Å². The first-order chi connectivity index (χ1) is 7.93. The molecule has 0 unspecified atom stereocenters. The van der Waals surface area contributed by atoms with Gasteiger partial charge in [0.2, 0.25) is 0 Å². The second-order valence-electron chi connectivity index (χ2n) is 6.50. The van der Waals surface area contributed by atoms with Crippen LogP contribution in [0.3, 0.4) is 0 Å². The van der Waals surface area contributed by atoms with Gasteiger partial charge < -0.3 is 4.90 Å². The first kappa shape index (κ1) is 14.7. The van der Waals surface area contributed by atoms with Crippen molar-refractivity contribution >= 4 is 5.78 Å². The molecule has 0 amide bonds. The molecule has 1 fully saturated rings. The van der Waals surface area contributed by atoms with Crippen molar-refractivity contribution in [2.75, 3.05) is 19.6 Å². The smallest absolute Gasteiger partial charge is 0.139 e. The molecule has 0 aromatic heterocycles. The zero-order valence-corrected chi connectivity index (χ0v) is 12.1. The van der Waals surface area contributed by atoms with Gasteiger partial charge in [0.25, 0.3) is 0 Å². The summed E-state index contributed by atoms with van der Waals surface area (Å²) in [6, 6.07) is 0. The van der Waals surface area contributed by atoms with Gasteiger partial charge in [-0.05, 0) is 31.8 Å². The number of ketones is 1. The molecule has 0 aromatic carbocycles. The lowest BCUT2D eigenvalue weighted by molar-refractivity contribution is -0.126. The van der Waals surface area contributed by atoms with Crippen LogP contribution in [0, 0.1) is 11.3 Å². The van der Waals surface area contributed by atoms with Gasteiger partial charge in [0.15, 0.2) is 0 Å². The highest BCUT2D eigenvalue weighted by atomic mass is 16.1. The van der Waals surface area contributed by atoms with Crippen molar-refractivity contribution in [3.05, 3.63) is 0 Å². The van der Waals surface area contributed by atoms with Crippen molar-refractivity contribution in [3.8, 4) is 0 Å². The second-order valence-corrected chi connectivity index (χ2v) is 6.50. The van der Waals surface area contributed by atoms with Crippen molar-refractivity contribution in [3.63, 3.8) is 0 Å². The van der Waals surface area contributed by atoms with Gasteiger partial charge in [-0.2, -0.15) is 0 Å². The molecule has 1 aliphatic rings. The molecule has 17 heavy (non-hydrogen) atoms. The van der Waals surface area contributed by atoms with Gasteiger partial charge in [-0.3, -0.25) is 4.79 Å². The maximum atomic E-state index is 11.8. The number of likely N-dealkylation sites (tertiary alicyclic amines) is 1. The molecule has 0 aromatic rings. The van der Waals surface area contributed by atoms with Gasteiger partial charge in [0, 0.05) is 18.4 Å². The maximum absolute atomic E-state index is 11.8. The first-order valence-corrected chi connectivity index (χ1v) is 7.19. The molecule has 2 nitrogen and oxygen atoms in total. The predicted molar refractivity (Wildman–Crippen MR) is 73.2 cm³/mol. The molecule has 0 bridgehead atoms. The Labute approximate surface area is 107 Å². The van der Waals surface area contributed by atoms with E-state index in [-0.39, 0.29) is 5.41 Å². The van der Waals surface area contributed by atoms with E-state index in [0.717, 1.165) is 18.9 Å². The molecule has 1 heterocycles. The van der Waals surface area contributed by atoms with Crippen LogP contribution in [0.15, 0.2) is 0 Å². The molecule has 2 heteroatoms. The van der Waals surface area contributed by atoms with Crippen molar-refractivity contribution < 1.29 is 4.79 Å². The Morgan fingerprint density at radius 3 is 2.29 bits per heavy atom. The number of carbonyl (C=O) groups is 1. The van der Waals surface area contributed by atoms with Crippen LogP contribution >= 0.6 is 0 Å². The van der Waals surface area contributed by atoms with Crippen molar-refractivity contribution in [1.82, 2.24) is 4.90 Å². The standard InChI is InChI=1S/C15H29NO/c1-5-6-13-7-10-16(11-8-13)12-9-14(17)15(2,3)4/h13H,5-12H2,1-4H3. The molecule has 100 valence electrons. The average Bonchev–Trinajstić information content (AvgIpc) is 2.27. The predicted octanol–water partition coefficient (Wildman–Crippen LogP) is 3.50. The van der Waals surface area contributed by atoms with E-state index >= 15 is 0 Å². The van der Waals surface area contributed by atoms with E-state index in [1.807, 2.05) is 20.8 Å². The molecular formula is C15H29NO. The van der Waals surface area contributed by atoms with Crippen LogP contribution in [0.4, 0.5) is 0 Å². The van der Waals surface area contributed by atoms with Crippen molar-refractivity contribution in [2.24, 2.45) is 11.3 Å². The summed E-state index contributed by atoms with van der Waals surface area (Å²) in [6.45, 7) is 11.7. The zero-order valence-electron chi connectivity index (χ0n) is 12.1. The highest BCUT2D eigenvalue weighted by molar-refractivity contribution is 5.83. The lowest BCUT2D eigenvalue weighted by atomic mass is 9.88. The fourth-order valence-electron chi connectivity index (χ4n) is 2.54. The van der Waals surface area contributed by atoms with Gasteiger partial charge in [-0.15, -0.1) is 0 Å². The largest absolute Gasteiger partial charge is 0.303 e. The number of carbonyl (C=O) groups excluding carboxylic acids is 1. The summed E-state index contributed by atoms with van der Waals surface area (Å²) >= 11 is 0. The number of Topliss-reactive ketones (excluding diaryl/α,β-unsaturated/α-hetero) is 1. The summed E-state index contributed by atoms with van der Waals surface area (Å²) < 4.78 is 0. The van der Waals surface area contributed by atoms with Crippen molar-refractivity contribution in [2.45, 2.75) is 59.8 Å². The Morgan fingerprint density at radius 1 is 1.24 bits per heavy atom. The minimum Gasteiger partial charge on any atom is -0.303 e. The first-order valence-electron chi connectivity index (χ1n) is 7.19. The molecule has 0 saturated carbocycles. The summed E-state index contributed by atoms with van der Waals surface area (Å²) in [7, 11) is 0. The molecule has 0 spiro atoms. The SMILES string of the molecule is CCCC1CCN(CCC(=O)C(C)(C)C)CC1. The van der Waals surface area contributed by atoms with E-state index in [1.165, 1.54) is 38.8 Å². The monoisotopic (exact) mass is 239 g/mol. The summed E-state index contributed by atoms with van der Waals surface area (Å²) in [6.07, 6.45) is 6.08. The quantitative estimate of drug-likeness (QED) is 0.732. The molecule has 0 N–H and O–H groups in total. The topological polar surface area (TPSA) is 20.3 Å². The lowest BCUT2D eigenvalue weighted by Gasteiger charge is -2.32. The third-order valence-electron chi connectivity index (χ3n) is 3.90. The maximum Gasteiger partial charge on any atom is 0.139 e. The van der Waals surface area contributed by atoms with Crippen LogP contribution in [0.5, 0.6) is 0 Å². The van der Waals surface area contributed by atoms with E-state index in [0.29, 0.717) is 5.78 Å². The highest BCUT2D eigenvalue weighted by Crippen LogP contribution is 2.22. The number of hydrogen-bond donors (Lipinski definition) is 0. The highest BCUT2D eigenvalue weighted by Gasteiger charge is 2.23. The average molecular weight is 239 g/mol. The van der Waals surface area contributed by atoms with Gasteiger partial charge in [-0.1, -0.05) is 40.5 Å². The van der Waals surface area contributed by atoms with E-state index < -0.39 is 0 Å². The minimum absolute atomic E-state index is 0.166. The number of piperidine rings is 1. The van der Waals surface area contributed by atoms with Crippen LogP contribution in [-0.2, 0) is 4.79 Å². The van der Waals surface area contributed by atoms with Gasteiger partial charge >= 0.3 is 0 Å². The molecule has 1 aliphatic heterocycles. The van der Waals surface area contributed by atoms with Crippen LogP contribution in [0.25, 0.3) is 0 Å². The van der Waals surface area contributed by atoms with Crippen LogP contribution in [0.1, 0.15) is 59.8 Å². The minimum atomic E-state index is -0.166. The Kier molecular flexibility index (Phi) is 5.64. The molecule has 0 atom stereocenters. The fraction of sp³-hybridized carbons (Fsp3) is 0.933. The number of nitrogens with zero attached hydrogens (tertiary/aromatic N) is 1. The number of hydrogen-bond acceptors (Lipinski definition) is 2. The van der Waals surface area contributed by atoms with E-state index in [4.69, 9.17) is 0 Å². The number of rotatable bonds is 5. The Bertz CT molecular complexity index is 234. The normalized spacial score (nSPS) is 19.5. The summed E-state index contributed by atoms with van der Waals surface area (Å²) in [4.78, 5) is 14.3. The van der Waals surface area contributed by atoms with Gasteiger partial charge in [0.1, 0.15) is 5.78 Å². The second kappa shape index (κ2) is 6.53. The lowest BCUT2D eigenvalue weighted by Crippen LogP contribution is -2.36. The summed E-state index contributed by atoms with van der Waals surface area (Å²) in [5.74, 6) is 1.34. The molecular weight excluding hydrogens is 210 g/mol. The third-order valence-corrected chi connectivity index (χ3v) is 3.90. The Morgan fingerprint density at radius 2 is 1.82 bits per heavy atom. The fourth-order valence-corrected chi connectivity index (χ4v) is 2.54. The zero-order chi connectivity index (χ0) is 12.9. The Balaban J connectivity index is 2.21. The van der Waals surface area contributed by atoms with E-state index in [9.17, 15) is 4.79 Å². The van der Waals surface area contributed by atoms with Gasteiger partial charge in [0.05, 0.1) is 0 Å². The van der Waals surface area contributed by atoms with Crippen LogP contribution in [0.2, 0.25) is 0 Å². The summed E-state index contributed by atoms with van der Waals surface area (Å²) in [5, 5.41) is 0. The molecule has 0 radical (unpaired) electrons. The third kappa shape index (κ3) is 5.20. The van der Waals surface area contributed by atoms with Crippen molar-refractivity contribution in [1.29, 1.82) is 0 Å².